The topological polar surface area (TPSA) is 95.9 Å². The largest absolute Gasteiger partial charge is 0.490 e. The molecule has 1 unspecified atom stereocenters. The SMILES string of the molecule is O=C(O)NC(CS(=O)(=O)N1CCC(Oc2ccccc2C(F)(F)F)CC1)c1ccccc1. The molecule has 0 aromatic heterocycles. The summed E-state index contributed by atoms with van der Waals surface area (Å²) in [7, 11) is -3.83. The van der Waals surface area contributed by atoms with Gasteiger partial charge in [0.25, 0.3) is 0 Å². The summed E-state index contributed by atoms with van der Waals surface area (Å²) in [5.74, 6) is -0.748. The highest BCUT2D eigenvalue weighted by Crippen LogP contribution is 2.37. The second-order valence-electron chi connectivity index (χ2n) is 7.40. The molecular formula is C21H23F3N2O5S. The molecule has 1 atom stereocenters. The molecule has 2 aromatic rings. The van der Waals surface area contributed by atoms with Crippen LogP contribution in [0.2, 0.25) is 0 Å². The molecule has 1 aliphatic rings. The molecule has 7 nitrogen and oxygen atoms in total. The first-order valence-electron chi connectivity index (χ1n) is 9.91. The zero-order chi connectivity index (χ0) is 23.4. The van der Waals surface area contributed by atoms with Gasteiger partial charge in [-0.2, -0.15) is 13.2 Å². The van der Waals surface area contributed by atoms with Gasteiger partial charge in [0, 0.05) is 13.1 Å². The normalized spacial score (nSPS) is 17.0. The molecule has 1 heterocycles. The van der Waals surface area contributed by atoms with Crippen LogP contribution in [-0.4, -0.2) is 48.9 Å². The lowest BCUT2D eigenvalue weighted by Gasteiger charge is -2.33. The Labute approximate surface area is 183 Å². The fraction of sp³-hybridized carbons (Fsp3) is 0.381. The van der Waals surface area contributed by atoms with Crippen molar-refractivity contribution in [1.29, 1.82) is 0 Å². The summed E-state index contributed by atoms with van der Waals surface area (Å²) in [5, 5.41) is 11.3. The van der Waals surface area contributed by atoms with E-state index in [4.69, 9.17) is 9.84 Å². The molecule has 3 rings (SSSR count). The molecule has 0 aliphatic carbocycles. The van der Waals surface area contributed by atoms with Gasteiger partial charge >= 0.3 is 12.3 Å². The predicted octanol–water partition coefficient (Wildman–Crippen LogP) is 3.89. The van der Waals surface area contributed by atoms with Crippen LogP contribution < -0.4 is 10.1 Å². The Morgan fingerprint density at radius 3 is 2.28 bits per heavy atom. The van der Waals surface area contributed by atoms with E-state index in [1.165, 1.54) is 22.5 Å². The van der Waals surface area contributed by atoms with Crippen molar-refractivity contribution >= 4 is 16.1 Å². The Bertz CT molecular complexity index is 1020. The van der Waals surface area contributed by atoms with E-state index >= 15 is 0 Å². The van der Waals surface area contributed by atoms with Crippen LogP contribution in [0.4, 0.5) is 18.0 Å². The fourth-order valence-corrected chi connectivity index (χ4v) is 5.26. The average Bonchev–Trinajstić information content (AvgIpc) is 2.73. The van der Waals surface area contributed by atoms with Gasteiger partial charge in [-0.3, -0.25) is 0 Å². The van der Waals surface area contributed by atoms with Crippen molar-refractivity contribution in [3.8, 4) is 5.75 Å². The second kappa shape index (κ2) is 9.78. The number of alkyl halides is 3. The van der Waals surface area contributed by atoms with E-state index in [2.05, 4.69) is 5.32 Å². The van der Waals surface area contributed by atoms with E-state index in [1.54, 1.807) is 30.3 Å². The van der Waals surface area contributed by atoms with E-state index in [9.17, 15) is 26.4 Å². The minimum absolute atomic E-state index is 0.0652. The first kappa shape index (κ1) is 23.9. The lowest BCUT2D eigenvalue weighted by molar-refractivity contribution is -0.139. The van der Waals surface area contributed by atoms with Gasteiger partial charge in [-0.1, -0.05) is 42.5 Å². The summed E-state index contributed by atoms with van der Waals surface area (Å²) in [4.78, 5) is 11.1. The Morgan fingerprint density at radius 1 is 1.09 bits per heavy atom. The van der Waals surface area contributed by atoms with Gasteiger partial charge in [0.2, 0.25) is 10.0 Å². The van der Waals surface area contributed by atoms with Crippen molar-refractivity contribution in [1.82, 2.24) is 9.62 Å². The number of carboxylic acid groups (broad SMARTS) is 1. The standard InChI is InChI=1S/C21H23F3N2O5S/c22-21(23,24)17-8-4-5-9-19(17)31-16-10-12-26(13-11-16)32(29,30)14-18(25-20(27)28)15-6-2-1-3-7-15/h1-9,16,18,25H,10-14H2,(H,27,28). The highest BCUT2D eigenvalue weighted by atomic mass is 32.2. The number of ether oxygens (including phenoxy) is 1. The second-order valence-corrected chi connectivity index (χ2v) is 9.42. The summed E-state index contributed by atoms with van der Waals surface area (Å²) < 4.78 is 72.1. The summed E-state index contributed by atoms with van der Waals surface area (Å²) >= 11 is 0. The van der Waals surface area contributed by atoms with Crippen molar-refractivity contribution in [2.75, 3.05) is 18.8 Å². The first-order chi connectivity index (χ1) is 15.1. The minimum atomic E-state index is -4.55. The molecule has 0 bridgehead atoms. The van der Waals surface area contributed by atoms with Crippen LogP contribution in [0, 0.1) is 0 Å². The number of piperidine rings is 1. The van der Waals surface area contributed by atoms with Crippen LogP contribution in [0.15, 0.2) is 54.6 Å². The zero-order valence-electron chi connectivity index (χ0n) is 17.0. The van der Waals surface area contributed by atoms with Crippen LogP contribution in [-0.2, 0) is 16.2 Å². The smallest absolute Gasteiger partial charge is 0.419 e. The van der Waals surface area contributed by atoms with Crippen LogP contribution in [0.3, 0.4) is 0 Å². The number of nitrogens with zero attached hydrogens (tertiary/aromatic N) is 1. The number of nitrogens with one attached hydrogen (secondary N) is 1. The van der Waals surface area contributed by atoms with E-state index in [1.807, 2.05) is 0 Å². The lowest BCUT2D eigenvalue weighted by atomic mass is 10.1. The third kappa shape index (κ3) is 6.13. The van der Waals surface area contributed by atoms with Crippen LogP contribution in [0.25, 0.3) is 0 Å². The Hall–Kier alpha value is -2.79. The number of hydrogen-bond donors (Lipinski definition) is 2. The highest BCUT2D eigenvalue weighted by molar-refractivity contribution is 7.89. The molecule has 1 amide bonds. The molecule has 0 spiro atoms. The molecule has 1 aliphatic heterocycles. The van der Waals surface area contributed by atoms with Crippen molar-refractivity contribution in [2.24, 2.45) is 0 Å². The zero-order valence-corrected chi connectivity index (χ0v) is 17.8. The number of para-hydroxylation sites is 1. The molecule has 174 valence electrons. The maximum Gasteiger partial charge on any atom is 0.419 e. The number of hydrogen-bond acceptors (Lipinski definition) is 4. The number of halogens is 3. The maximum atomic E-state index is 13.2. The number of rotatable bonds is 7. The van der Waals surface area contributed by atoms with Crippen LogP contribution in [0.1, 0.15) is 30.0 Å². The third-order valence-corrected chi connectivity index (χ3v) is 7.06. The van der Waals surface area contributed by atoms with Crippen molar-refractivity contribution in [2.45, 2.75) is 31.2 Å². The minimum Gasteiger partial charge on any atom is -0.490 e. The van der Waals surface area contributed by atoms with Crippen LogP contribution in [0.5, 0.6) is 5.75 Å². The molecule has 2 aromatic carbocycles. The number of carbonyl (C=O) groups is 1. The lowest BCUT2D eigenvalue weighted by Crippen LogP contribution is -2.45. The third-order valence-electron chi connectivity index (χ3n) is 5.16. The molecule has 11 heteroatoms. The van der Waals surface area contributed by atoms with Crippen molar-refractivity contribution < 1.29 is 36.2 Å². The van der Waals surface area contributed by atoms with E-state index < -0.39 is 45.8 Å². The molecule has 1 fully saturated rings. The van der Waals surface area contributed by atoms with Gasteiger partial charge in [0.05, 0.1) is 17.4 Å². The Balaban J connectivity index is 1.64. The highest BCUT2D eigenvalue weighted by Gasteiger charge is 2.36. The molecule has 1 saturated heterocycles. The Kier molecular flexibility index (Phi) is 7.29. The molecule has 0 saturated carbocycles. The summed E-state index contributed by atoms with van der Waals surface area (Å²) in [6.07, 6.45) is -6.03. The van der Waals surface area contributed by atoms with Gasteiger partial charge in [-0.05, 0) is 30.5 Å². The van der Waals surface area contributed by atoms with Gasteiger partial charge < -0.3 is 15.2 Å². The van der Waals surface area contributed by atoms with E-state index in [0.29, 0.717) is 5.56 Å². The average molecular weight is 472 g/mol. The fourth-order valence-electron chi connectivity index (χ4n) is 3.58. The van der Waals surface area contributed by atoms with E-state index in [-0.39, 0.29) is 31.7 Å². The molecule has 32 heavy (non-hydrogen) atoms. The molecular weight excluding hydrogens is 449 g/mol. The predicted molar refractivity (Wildman–Crippen MR) is 111 cm³/mol. The summed E-state index contributed by atoms with van der Waals surface area (Å²) in [6.45, 7) is 0.130. The van der Waals surface area contributed by atoms with Gasteiger partial charge in [-0.25, -0.2) is 17.5 Å². The first-order valence-corrected chi connectivity index (χ1v) is 11.5. The monoisotopic (exact) mass is 472 g/mol. The summed E-state index contributed by atoms with van der Waals surface area (Å²) in [5.41, 5.74) is -0.360. The van der Waals surface area contributed by atoms with Gasteiger partial charge in [-0.15, -0.1) is 0 Å². The summed E-state index contributed by atoms with van der Waals surface area (Å²) in [6, 6.07) is 12.3. The number of sulfonamides is 1. The number of amides is 1. The van der Waals surface area contributed by atoms with Gasteiger partial charge in [0.1, 0.15) is 11.9 Å². The maximum absolute atomic E-state index is 13.2. The van der Waals surface area contributed by atoms with Crippen molar-refractivity contribution in [3.05, 3.63) is 65.7 Å². The van der Waals surface area contributed by atoms with Crippen LogP contribution >= 0.6 is 0 Å². The quantitative estimate of drug-likeness (QED) is 0.638. The molecule has 2 N–H and O–H groups in total. The van der Waals surface area contributed by atoms with Gasteiger partial charge in [0.15, 0.2) is 0 Å². The van der Waals surface area contributed by atoms with E-state index in [0.717, 1.165) is 6.07 Å². The number of benzene rings is 2. The molecule has 0 radical (unpaired) electrons. The Morgan fingerprint density at radius 2 is 1.69 bits per heavy atom. The van der Waals surface area contributed by atoms with Crippen molar-refractivity contribution in [3.63, 3.8) is 0 Å².